The van der Waals surface area contributed by atoms with E-state index in [4.69, 9.17) is 21.1 Å². The van der Waals surface area contributed by atoms with Crippen LogP contribution in [0.2, 0.25) is 0 Å². The van der Waals surface area contributed by atoms with Crippen molar-refractivity contribution in [2.45, 2.75) is 43.6 Å². The maximum absolute atomic E-state index is 6.58. The van der Waals surface area contributed by atoms with Crippen LogP contribution in [0, 0.1) is 0 Å². The Balaban J connectivity index is 1.70. The van der Waals surface area contributed by atoms with Crippen molar-refractivity contribution in [1.29, 1.82) is 0 Å². The zero-order valence-electron chi connectivity index (χ0n) is 10.8. The fraction of sp³-hybridized carbons (Fsp3) is 0.600. The highest BCUT2D eigenvalue weighted by molar-refractivity contribution is 9.10. The van der Waals surface area contributed by atoms with Crippen molar-refractivity contribution in [1.82, 2.24) is 0 Å². The molecule has 104 valence electrons. The molecule has 2 heterocycles. The summed E-state index contributed by atoms with van der Waals surface area (Å²) < 4.78 is 12.5. The molecule has 4 heteroatoms. The van der Waals surface area contributed by atoms with Gasteiger partial charge in [-0.1, -0.05) is 15.9 Å². The summed E-state index contributed by atoms with van der Waals surface area (Å²) in [4.78, 5) is 0. The minimum atomic E-state index is 0.00792. The van der Waals surface area contributed by atoms with Crippen molar-refractivity contribution in [2.24, 2.45) is 0 Å². The van der Waals surface area contributed by atoms with E-state index in [1.807, 2.05) is 0 Å². The van der Waals surface area contributed by atoms with Gasteiger partial charge in [0.25, 0.3) is 0 Å². The molecule has 0 amide bonds. The van der Waals surface area contributed by atoms with Crippen molar-refractivity contribution < 1.29 is 9.47 Å². The number of hydrogen-bond acceptors (Lipinski definition) is 2. The van der Waals surface area contributed by atoms with Gasteiger partial charge in [0.05, 0.1) is 18.1 Å². The lowest BCUT2D eigenvalue weighted by molar-refractivity contribution is 0.102. The number of benzene rings is 1. The van der Waals surface area contributed by atoms with E-state index in [1.54, 1.807) is 0 Å². The van der Waals surface area contributed by atoms with Crippen molar-refractivity contribution in [2.75, 3.05) is 13.2 Å². The van der Waals surface area contributed by atoms with Crippen LogP contribution in [0.4, 0.5) is 0 Å². The van der Waals surface area contributed by atoms with Crippen LogP contribution in [0.25, 0.3) is 0 Å². The summed E-state index contributed by atoms with van der Waals surface area (Å²) in [5.41, 5.74) is 2.40. The summed E-state index contributed by atoms with van der Waals surface area (Å²) in [6, 6.07) is 4.23. The first-order valence-corrected chi connectivity index (χ1v) is 8.18. The van der Waals surface area contributed by atoms with Gasteiger partial charge in [-0.3, -0.25) is 0 Å². The molecule has 1 saturated heterocycles. The van der Waals surface area contributed by atoms with Crippen molar-refractivity contribution in [3.8, 4) is 5.75 Å². The lowest BCUT2D eigenvalue weighted by Crippen LogP contribution is -2.06. The molecule has 2 atom stereocenters. The molecule has 3 rings (SSSR count). The number of hydrogen-bond donors (Lipinski definition) is 0. The van der Waals surface area contributed by atoms with Gasteiger partial charge in [0.2, 0.25) is 0 Å². The third kappa shape index (κ3) is 3.09. The zero-order chi connectivity index (χ0) is 13.2. The standard InChI is InChI=1S/C15H18BrClO2/c16-11-8-10-5-7-19-15(10)13(9-11)14(17)4-3-12-2-1-6-18-12/h8-9,12,14H,1-7H2. The summed E-state index contributed by atoms with van der Waals surface area (Å²) in [7, 11) is 0. The van der Waals surface area contributed by atoms with Crippen molar-refractivity contribution in [3.05, 3.63) is 27.7 Å². The van der Waals surface area contributed by atoms with E-state index >= 15 is 0 Å². The van der Waals surface area contributed by atoms with Crippen LogP contribution in [0.15, 0.2) is 16.6 Å². The van der Waals surface area contributed by atoms with E-state index in [0.717, 1.165) is 48.3 Å². The summed E-state index contributed by atoms with van der Waals surface area (Å²) in [5.74, 6) is 1.01. The monoisotopic (exact) mass is 344 g/mol. The molecule has 2 aliphatic heterocycles. The highest BCUT2D eigenvalue weighted by Crippen LogP contribution is 2.41. The molecule has 1 fully saturated rings. The van der Waals surface area contributed by atoms with Crippen LogP contribution >= 0.6 is 27.5 Å². The molecule has 0 spiro atoms. The Bertz CT molecular complexity index is 458. The third-order valence-corrected chi connectivity index (χ3v) is 4.79. The van der Waals surface area contributed by atoms with E-state index < -0.39 is 0 Å². The number of halogens is 2. The molecule has 1 aromatic carbocycles. The SMILES string of the molecule is ClC(CCC1CCCO1)c1cc(Br)cc2c1OCC2. The average Bonchev–Trinajstić information content (AvgIpc) is 3.05. The fourth-order valence-electron chi connectivity index (χ4n) is 2.89. The van der Waals surface area contributed by atoms with Crippen molar-refractivity contribution in [3.63, 3.8) is 0 Å². The van der Waals surface area contributed by atoms with E-state index in [9.17, 15) is 0 Å². The lowest BCUT2D eigenvalue weighted by atomic mass is 10.0. The van der Waals surface area contributed by atoms with Gasteiger partial charge < -0.3 is 9.47 Å². The second kappa shape index (κ2) is 6.02. The second-order valence-electron chi connectivity index (χ2n) is 5.26. The predicted octanol–water partition coefficient (Wildman–Crippen LogP) is 4.62. The summed E-state index contributed by atoms with van der Waals surface area (Å²) in [6.07, 6.45) is 5.73. The molecule has 2 aliphatic rings. The smallest absolute Gasteiger partial charge is 0.127 e. The van der Waals surface area contributed by atoms with Gasteiger partial charge in [-0.2, -0.15) is 0 Å². The van der Waals surface area contributed by atoms with Crippen molar-refractivity contribution >= 4 is 27.5 Å². The van der Waals surface area contributed by atoms with Gasteiger partial charge in [-0.25, -0.2) is 0 Å². The molecular formula is C15H18BrClO2. The van der Waals surface area contributed by atoms with Gasteiger partial charge >= 0.3 is 0 Å². The molecule has 0 bridgehead atoms. The minimum absolute atomic E-state index is 0.00792. The maximum Gasteiger partial charge on any atom is 0.127 e. The third-order valence-electron chi connectivity index (χ3n) is 3.88. The molecule has 2 unspecified atom stereocenters. The Kier molecular flexibility index (Phi) is 4.35. The molecule has 1 aromatic rings. The Hall–Kier alpha value is -0.250. The number of rotatable bonds is 4. The topological polar surface area (TPSA) is 18.5 Å². The van der Waals surface area contributed by atoms with Crippen LogP contribution < -0.4 is 4.74 Å². The van der Waals surface area contributed by atoms with Gasteiger partial charge in [0.15, 0.2) is 0 Å². The molecule has 0 saturated carbocycles. The number of fused-ring (bicyclic) bond motifs is 1. The molecule has 0 radical (unpaired) electrons. The van der Waals surface area contributed by atoms with Crippen LogP contribution in [0.5, 0.6) is 5.75 Å². The van der Waals surface area contributed by atoms with Crippen LogP contribution in [-0.4, -0.2) is 19.3 Å². The molecule has 0 aliphatic carbocycles. The highest BCUT2D eigenvalue weighted by atomic mass is 79.9. The van der Waals surface area contributed by atoms with E-state index in [0.29, 0.717) is 6.10 Å². The molecule has 2 nitrogen and oxygen atoms in total. The van der Waals surface area contributed by atoms with Gasteiger partial charge in [-0.05, 0) is 43.4 Å². The van der Waals surface area contributed by atoms with Crippen LogP contribution in [0.1, 0.15) is 42.2 Å². The van der Waals surface area contributed by atoms with E-state index in [-0.39, 0.29) is 5.38 Å². The second-order valence-corrected chi connectivity index (χ2v) is 6.70. The average molecular weight is 346 g/mol. The Morgan fingerprint density at radius 2 is 2.26 bits per heavy atom. The van der Waals surface area contributed by atoms with Crippen LogP contribution in [0.3, 0.4) is 0 Å². The fourth-order valence-corrected chi connectivity index (χ4v) is 3.70. The summed E-state index contributed by atoms with van der Waals surface area (Å²) in [5, 5.41) is 0.00792. The summed E-state index contributed by atoms with van der Waals surface area (Å²) in [6.45, 7) is 1.68. The molecule has 0 N–H and O–H groups in total. The van der Waals surface area contributed by atoms with E-state index in [1.165, 1.54) is 18.4 Å². The first-order chi connectivity index (χ1) is 9.24. The molecule has 0 aromatic heterocycles. The zero-order valence-corrected chi connectivity index (χ0v) is 13.2. The normalized spacial score (nSPS) is 23.2. The summed E-state index contributed by atoms with van der Waals surface area (Å²) >= 11 is 10.1. The lowest BCUT2D eigenvalue weighted by Gasteiger charge is -2.16. The van der Waals surface area contributed by atoms with Gasteiger partial charge in [0, 0.05) is 23.1 Å². The Labute approximate surface area is 127 Å². The predicted molar refractivity (Wildman–Crippen MR) is 80.1 cm³/mol. The number of ether oxygens (including phenoxy) is 2. The first-order valence-electron chi connectivity index (χ1n) is 6.95. The Morgan fingerprint density at radius 1 is 1.37 bits per heavy atom. The number of alkyl halides is 1. The molecule has 19 heavy (non-hydrogen) atoms. The Morgan fingerprint density at radius 3 is 3.05 bits per heavy atom. The minimum Gasteiger partial charge on any atom is -0.493 e. The van der Waals surface area contributed by atoms with Gasteiger partial charge in [0.1, 0.15) is 5.75 Å². The molecular weight excluding hydrogens is 328 g/mol. The first kappa shape index (κ1) is 13.7. The van der Waals surface area contributed by atoms with E-state index in [2.05, 4.69) is 28.1 Å². The highest BCUT2D eigenvalue weighted by Gasteiger charge is 2.24. The quantitative estimate of drug-likeness (QED) is 0.741. The van der Waals surface area contributed by atoms with Gasteiger partial charge in [-0.15, -0.1) is 11.6 Å². The maximum atomic E-state index is 6.58. The largest absolute Gasteiger partial charge is 0.493 e. The van der Waals surface area contributed by atoms with Crippen LogP contribution in [-0.2, 0) is 11.2 Å².